The Morgan fingerprint density at radius 3 is 2.50 bits per heavy atom. The lowest BCUT2D eigenvalue weighted by molar-refractivity contribution is -0.275. The molecule has 0 radical (unpaired) electrons. The summed E-state index contributed by atoms with van der Waals surface area (Å²) in [6.45, 7) is 0.0314. The fourth-order valence-electron chi connectivity index (χ4n) is 1.44. The smallest absolute Gasteiger partial charge is 0.466 e. The van der Waals surface area contributed by atoms with Gasteiger partial charge in [0, 0.05) is 11.1 Å². The van der Waals surface area contributed by atoms with Crippen LogP contribution in [-0.4, -0.2) is 23.9 Å². The number of carbonyl (C=O) groups excluding carboxylic acids is 1. The molecular formula is C11H10F5NO3. The summed E-state index contributed by atoms with van der Waals surface area (Å²) < 4.78 is 70.7. The number of alkyl halides is 4. The average Bonchev–Trinajstić information content (AvgIpc) is 2.32. The molecular weight excluding hydrogens is 289 g/mol. The monoisotopic (exact) mass is 299 g/mol. The van der Waals surface area contributed by atoms with Crippen LogP contribution in [-0.2, 0) is 22.6 Å². The number of ether oxygens (including phenoxy) is 2. The number of carbonyl (C=O) groups is 1. The predicted octanol–water partition coefficient (Wildman–Crippen LogP) is 2.69. The zero-order valence-corrected chi connectivity index (χ0v) is 10.3. The molecule has 1 rings (SSSR count). The van der Waals surface area contributed by atoms with Gasteiger partial charge in [-0.15, -0.1) is 13.2 Å². The Labute approximate surface area is 110 Å². The average molecular weight is 299 g/mol. The Kier molecular flexibility index (Phi) is 5.23. The Morgan fingerprint density at radius 2 is 2.00 bits per heavy atom. The second kappa shape index (κ2) is 6.49. The molecule has 0 bridgehead atoms. The lowest BCUT2D eigenvalue weighted by Gasteiger charge is -2.15. The zero-order chi connectivity index (χ0) is 15.3. The molecule has 0 saturated carbocycles. The number of hydrogen-bond acceptors (Lipinski definition) is 4. The summed E-state index contributed by atoms with van der Waals surface area (Å²) in [7, 11) is 0. The second-order valence-electron chi connectivity index (χ2n) is 3.53. The lowest BCUT2D eigenvalue weighted by Crippen LogP contribution is -2.20. The first-order chi connectivity index (χ1) is 9.28. The molecule has 0 amide bonds. The fraction of sp³-hybridized carbons (Fsp3) is 0.455. The van der Waals surface area contributed by atoms with Crippen LogP contribution in [0.2, 0.25) is 0 Å². The van der Waals surface area contributed by atoms with Crippen LogP contribution in [0.1, 0.15) is 18.1 Å². The topological polar surface area (TPSA) is 48.4 Å². The van der Waals surface area contributed by atoms with E-state index in [0.29, 0.717) is 6.20 Å². The van der Waals surface area contributed by atoms with Crippen molar-refractivity contribution in [2.75, 3.05) is 6.61 Å². The zero-order valence-electron chi connectivity index (χ0n) is 10.3. The first-order valence-corrected chi connectivity index (χ1v) is 5.42. The highest BCUT2D eigenvalue weighted by Gasteiger charge is 2.33. The van der Waals surface area contributed by atoms with E-state index in [0.717, 1.165) is 0 Å². The first-order valence-electron chi connectivity index (χ1n) is 5.42. The van der Waals surface area contributed by atoms with Crippen molar-refractivity contribution in [3.8, 4) is 5.75 Å². The molecule has 112 valence electrons. The molecule has 0 atom stereocenters. The Hall–Kier alpha value is -1.93. The van der Waals surface area contributed by atoms with Gasteiger partial charge in [-0.25, -0.2) is 9.37 Å². The third-order valence-electron chi connectivity index (χ3n) is 2.19. The van der Waals surface area contributed by atoms with Crippen LogP contribution in [0.5, 0.6) is 5.75 Å². The van der Waals surface area contributed by atoms with Crippen molar-refractivity contribution in [1.82, 2.24) is 4.98 Å². The summed E-state index contributed by atoms with van der Waals surface area (Å²) >= 11 is 0. The molecule has 1 aromatic rings. The van der Waals surface area contributed by atoms with Gasteiger partial charge >= 0.3 is 12.3 Å². The number of nitrogens with zero attached hydrogens (tertiary/aromatic N) is 1. The normalized spacial score (nSPS) is 11.3. The Balaban J connectivity index is 3.19. The molecule has 0 aliphatic rings. The quantitative estimate of drug-likeness (QED) is 0.476. The van der Waals surface area contributed by atoms with Gasteiger partial charge in [0.05, 0.1) is 19.2 Å². The van der Waals surface area contributed by atoms with E-state index in [1.165, 1.54) is 6.92 Å². The van der Waals surface area contributed by atoms with E-state index in [9.17, 15) is 26.7 Å². The Morgan fingerprint density at radius 1 is 1.35 bits per heavy atom. The molecule has 0 aliphatic carbocycles. The van der Waals surface area contributed by atoms with Crippen molar-refractivity contribution in [1.29, 1.82) is 0 Å². The number of hydrogen-bond donors (Lipinski definition) is 0. The van der Waals surface area contributed by atoms with Gasteiger partial charge in [-0.2, -0.15) is 4.39 Å². The van der Waals surface area contributed by atoms with E-state index in [1.54, 1.807) is 0 Å². The molecule has 9 heteroatoms. The molecule has 4 nitrogen and oxygen atoms in total. The van der Waals surface area contributed by atoms with Crippen LogP contribution >= 0.6 is 0 Å². The van der Waals surface area contributed by atoms with E-state index in [-0.39, 0.29) is 6.61 Å². The molecule has 0 spiro atoms. The molecule has 20 heavy (non-hydrogen) atoms. The van der Waals surface area contributed by atoms with Gasteiger partial charge in [-0.1, -0.05) is 0 Å². The number of esters is 1. The summed E-state index contributed by atoms with van der Waals surface area (Å²) in [4.78, 5) is 14.2. The molecule has 0 unspecified atom stereocenters. The Bertz CT molecular complexity index is 490. The van der Waals surface area contributed by atoms with Crippen molar-refractivity contribution in [2.45, 2.75) is 26.4 Å². The SMILES string of the molecule is CCOC(=O)Cc1c(OC(F)(F)F)cnc(F)c1CF. The number of aromatic nitrogens is 1. The van der Waals surface area contributed by atoms with Crippen molar-refractivity contribution in [3.63, 3.8) is 0 Å². The summed E-state index contributed by atoms with van der Waals surface area (Å²) in [6, 6.07) is 0. The molecule has 0 saturated heterocycles. The highest BCUT2D eigenvalue weighted by Crippen LogP contribution is 2.30. The van der Waals surface area contributed by atoms with E-state index < -0.39 is 48.3 Å². The maximum Gasteiger partial charge on any atom is 0.573 e. The van der Waals surface area contributed by atoms with Gasteiger partial charge in [0.1, 0.15) is 6.67 Å². The molecule has 1 heterocycles. The molecule has 0 N–H and O–H groups in total. The highest BCUT2D eigenvalue weighted by atomic mass is 19.4. The number of pyridine rings is 1. The van der Waals surface area contributed by atoms with Gasteiger partial charge in [0.25, 0.3) is 0 Å². The maximum atomic E-state index is 13.3. The lowest BCUT2D eigenvalue weighted by atomic mass is 10.1. The van der Waals surface area contributed by atoms with Crippen molar-refractivity contribution in [3.05, 3.63) is 23.3 Å². The van der Waals surface area contributed by atoms with Crippen molar-refractivity contribution >= 4 is 5.97 Å². The summed E-state index contributed by atoms with van der Waals surface area (Å²) in [5, 5.41) is 0. The summed E-state index contributed by atoms with van der Waals surface area (Å²) in [6.07, 6.45) is -5.38. The third-order valence-corrected chi connectivity index (χ3v) is 2.19. The molecule has 0 aromatic carbocycles. The molecule has 1 aromatic heterocycles. The standard InChI is InChI=1S/C11H10F5NO3/c1-2-19-9(18)3-6-7(4-12)10(13)17-5-8(6)20-11(14,15)16/h5H,2-4H2,1H3. The van der Waals surface area contributed by atoms with E-state index in [2.05, 4.69) is 14.5 Å². The van der Waals surface area contributed by atoms with E-state index >= 15 is 0 Å². The summed E-state index contributed by atoms with van der Waals surface area (Å²) in [5.41, 5.74) is -1.34. The van der Waals surface area contributed by atoms with Crippen molar-refractivity contribution in [2.24, 2.45) is 0 Å². The highest BCUT2D eigenvalue weighted by molar-refractivity contribution is 5.74. The van der Waals surface area contributed by atoms with Gasteiger partial charge in [0.2, 0.25) is 5.95 Å². The molecule has 0 fully saturated rings. The minimum atomic E-state index is -5.07. The van der Waals surface area contributed by atoms with Crippen LogP contribution in [0.15, 0.2) is 6.20 Å². The van der Waals surface area contributed by atoms with Crippen LogP contribution in [0, 0.1) is 5.95 Å². The predicted molar refractivity (Wildman–Crippen MR) is 56.0 cm³/mol. The van der Waals surface area contributed by atoms with Crippen molar-refractivity contribution < 1.29 is 36.2 Å². The minimum Gasteiger partial charge on any atom is -0.466 e. The van der Waals surface area contributed by atoms with Gasteiger partial charge in [-0.3, -0.25) is 4.79 Å². The number of halogens is 5. The van der Waals surface area contributed by atoms with Gasteiger partial charge in [-0.05, 0) is 6.92 Å². The van der Waals surface area contributed by atoms with Gasteiger partial charge < -0.3 is 9.47 Å². The fourth-order valence-corrected chi connectivity index (χ4v) is 1.44. The van der Waals surface area contributed by atoms with Crippen LogP contribution in [0.25, 0.3) is 0 Å². The second-order valence-corrected chi connectivity index (χ2v) is 3.53. The van der Waals surface area contributed by atoms with Crippen LogP contribution < -0.4 is 4.74 Å². The van der Waals surface area contributed by atoms with Crippen LogP contribution in [0.3, 0.4) is 0 Å². The van der Waals surface area contributed by atoms with Gasteiger partial charge in [0.15, 0.2) is 5.75 Å². The van der Waals surface area contributed by atoms with E-state index in [1.807, 2.05) is 0 Å². The number of rotatable bonds is 5. The minimum absolute atomic E-state index is 0.0210. The van der Waals surface area contributed by atoms with E-state index in [4.69, 9.17) is 0 Å². The third kappa shape index (κ3) is 4.32. The maximum absolute atomic E-state index is 13.3. The first kappa shape index (κ1) is 16.1. The largest absolute Gasteiger partial charge is 0.573 e. The molecule has 0 aliphatic heterocycles. The van der Waals surface area contributed by atoms with Crippen LogP contribution in [0.4, 0.5) is 22.0 Å². The summed E-state index contributed by atoms with van der Waals surface area (Å²) in [5.74, 6) is -3.17.